The lowest BCUT2D eigenvalue weighted by Gasteiger charge is -2.41. The molecule has 280 valence electrons. The predicted octanol–water partition coefficient (Wildman–Crippen LogP) is 5.12. The van der Waals surface area contributed by atoms with Crippen LogP contribution in [0.2, 0.25) is 0 Å². The van der Waals surface area contributed by atoms with E-state index in [1.807, 2.05) is 44.2 Å². The largest absolute Gasteiger partial charge is 0.497 e. The van der Waals surface area contributed by atoms with Crippen molar-refractivity contribution in [2.45, 2.75) is 87.2 Å². The minimum absolute atomic E-state index is 0.138. The summed E-state index contributed by atoms with van der Waals surface area (Å²) in [6, 6.07) is 13.7. The first kappa shape index (κ1) is 39.2. The predicted molar refractivity (Wildman–Crippen MR) is 201 cm³/mol. The Morgan fingerprint density at radius 2 is 1.83 bits per heavy atom. The summed E-state index contributed by atoms with van der Waals surface area (Å²) >= 11 is 3.74. The van der Waals surface area contributed by atoms with Gasteiger partial charge in [0, 0.05) is 23.5 Å². The highest BCUT2D eigenvalue weighted by Crippen LogP contribution is 2.61. The number of amides is 3. The van der Waals surface area contributed by atoms with Gasteiger partial charge in [0.2, 0.25) is 11.8 Å². The van der Waals surface area contributed by atoms with Gasteiger partial charge in [-0.3, -0.25) is 19.2 Å². The molecule has 5 rings (SSSR count). The number of anilines is 1. The van der Waals surface area contributed by atoms with Gasteiger partial charge in [0.15, 0.2) is 0 Å². The first-order valence-corrected chi connectivity index (χ1v) is 18.9. The van der Waals surface area contributed by atoms with Gasteiger partial charge in [0.25, 0.3) is 5.91 Å². The molecule has 3 heterocycles. The van der Waals surface area contributed by atoms with Crippen LogP contribution in [-0.4, -0.2) is 88.6 Å². The number of hydrogen-bond acceptors (Lipinski definition) is 8. The zero-order valence-corrected chi connectivity index (χ0v) is 31.9. The Balaban J connectivity index is 1.55. The summed E-state index contributed by atoms with van der Waals surface area (Å²) in [6.07, 6.45) is 3.28. The number of halogens is 1. The average molecular weight is 781 g/mol. The third kappa shape index (κ3) is 7.30. The summed E-state index contributed by atoms with van der Waals surface area (Å²) in [5.41, 5.74) is -0.155. The molecule has 52 heavy (non-hydrogen) atoms. The number of esters is 1. The van der Waals surface area contributed by atoms with Crippen LogP contribution in [0.4, 0.5) is 5.69 Å². The van der Waals surface area contributed by atoms with Crippen LogP contribution >= 0.6 is 15.9 Å². The van der Waals surface area contributed by atoms with Gasteiger partial charge >= 0.3 is 5.97 Å². The van der Waals surface area contributed by atoms with Crippen molar-refractivity contribution in [2.75, 3.05) is 25.2 Å². The fraction of sp³-hybridized carbons (Fsp3) is 0.500. The number of rotatable bonds is 17. The number of methoxy groups -OCH3 is 1. The van der Waals surface area contributed by atoms with Crippen LogP contribution in [0, 0.1) is 17.8 Å². The number of likely N-dealkylation sites (tertiary alicyclic amines) is 1. The van der Waals surface area contributed by atoms with Crippen molar-refractivity contribution >= 4 is 45.3 Å². The van der Waals surface area contributed by atoms with Gasteiger partial charge in [-0.05, 0) is 55.5 Å². The summed E-state index contributed by atoms with van der Waals surface area (Å²) in [5, 5.41) is 13.7. The topological polar surface area (TPSA) is 135 Å². The van der Waals surface area contributed by atoms with E-state index >= 15 is 4.79 Å². The van der Waals surface area contributed by atoms with Gasteiger partial charge in [-0.2, -0.15) is 0 Å². The number of ether oxygens (including phenoxy) is 3. The number of hydrogen-bond donors (Lipinski definition) is 2. The minimum Gasteiger partial charge on any atom is -0.497 e. The third-order valence-corrected chi connectivity index (χ3v) is 11.7. The number of aliphatic hydroxyl groups is 1. The van der Waals surface area contributed by atoms with Crippen molar-refractivity contribution in [2.24, 2.45) is 17.8 Å². The Morgan fingerprint density at radius 3 is 2.42 bits per heavy atom. The van der Waals surface area contributed by atoms with E-state index < -0.39 is 65.6 Å². The zero-order chi connectivity index (χ0) is 37.7. The molecule has 2 bridgehead atoms. The minimum atomic E-state index is -1.39. The van der Waals surface area contributed by atoms with Gasteiger partial charge in [-0.1, -0.05) is 78.7 Å². The van der Waals surface area contributed by atoms with Crippen LogP contribution in [0.3, 0.4) is 0 Å². The van der Waals surface area contributed by atoms with Crippen molar-refractivity contribution in [3.8, 4) is 5.75 Å². The molecule has 2 N–H and O–H groups in total. The van der Waals surface area contributed by atoms with Crippen LogP contribution < -0.4 is 15.0 Å². The van der Waals surface area contributed by atoms with E-state index in [2.05, 4.69) is 34.4 Å². The van der Waals surface area contributed by atoms with E-state index in [-0.39, 0.29) is 42.6 Å². The summed E-state index contributed by atoms with van der Waals surface area (Å²) in [5.74, 6) is -3.39. The molecule has 3 saturated heterocycles. The molecule has 1 spiro atoms. The number of fused-ring (bicyclic) bond motifs is 1. The fourth-order valence-corrected chi connectivity index (χ4v) is 9.03. The highest BCUT2D eigenvalue weighted by atomic mass is 79.9. The van der Waals surface area contributed by atoms with Crippen molar-refractivity contribution in [1.82, 2.24) is 10.2 Å². The van der Waals surface area contributed by atoms with Crippen LogP contribution in [0.5, 0.6) is 5.75 Å². The normalized spacial score (nSPS) is 26.8. The number of nitrogens with one attached hydrogen (secondary N) is 1. The number of aliphatic hydroxyl groups excluding tert-OH is 1. The van der Waals surface area contributed by atoms with Crippen molar-refractivity contribution < 1.29 is 38.5 Å². The van der Waals surface area contributed by atoms with Gasteiger partial charge in [-0.25, -0.2) is 0 Å². The quantitative estimate of drug-likeness (QED) is 0.128. The molecule has 3 aliphatic rings. The molecular formula is C40H50BrN3O8. The third-order valence-electron chi connectivity index (χ3n) is 10.8. The number of carbonyl (C=O) groups is 4. The van der Waals surface area contributed by atoms with E-state index in [0.717, 1.165) is 0 Å². The standard InChI is InChI=1S/C40H50BrN3O8/c1-7-10-16-31(46)42-25(5)34(26-14-12-11-13-15-26)51-39(49)32-33-37(47)44(30(23-45)24(4)9-3)36(40(33)22-29(41)35(32)52-40)38(48)43(21-8-2)27-17-19-28(50-6)20-18-27/h7-8,11-15,17-20,24-25,29-30,32-36,45H,1-2,9-10,16,21-23H2,3-6H3,(H,42,46)/t24-,25+,29?,30-,32-,33+,34+,35-,36-,40+/m0/s1. The smallest absolute Gasteiger partial charge is 0.313 e. The summed E-state index contributed by atoms with van der Waals surface area (Å²) in [6.45, 7) is 13.0. The molecular weight excluding hydrogens is 730 g/mol. The SMILES string of the molecule is C=CCCC(=O)N[C@H](C)[C@@H](OC(=O)[C@@H]1[C@H]2O[C@@]3(CC2Br)[C@H](C(=O)N(CC=C)c2ccc(OC)cc2)N([C@@H](CO)[C@@H](C)CC)C(=O)[C@@H]13)c1ccccc1. The lowest BCUT2D eigenvalue weighted by Crippen LogP contribution is -2.60. The molecule has 0 radical (unpaired) electrons. The van der Waals surface area contributed by atoms with Gasteiger partial charge < -0.3 is 34.4 Å². The van der Waals surface area contributed by atoms with Gasteiger partial charge in [0.1, 0.15) is 23.5 Å². The van der Waals surface area contributed by atoms with E-state index in [4.69, 9.17) is 14.2 Å². The molecule has 3 fully saturated rings. The molecule has 3 amide bonds. The molecule has 0 saturated carbocycles. The lowest BCUT2D eigenvalue weighted by molar-refractivity contribution is -0.162. The molecule has 0 aliphatic carbocycles. The van der Waals surface area contributed by atoms with E-state index in [0.29, 0.717) is 29.8 Å². The Kier molecular flexibility index (Phi) is 12.6. The van der Waals surface area contributed by atoms with Gasteiger partial charge in [-0.15, -0.1) is 13.2 Å². The van der Waals surface area contributed by atoms with Crippen molar-refractivity contribution in [3.63, 3.8) is 0 Å². The lowest BCUT2D eigenvalue weighted by atomic mass is 9.70. The molecule has 2 aromatic rings. The van der Waals surface area contributed by atoms with Crippen LogP contribution in [0.1, 0.15) is 58.1 Å². The van der Waals surface area contributed by atoms with E-state index in [9.17, 15) is 19.5 Å². The van der Waals surface area contributed by atoms with E-state index in [1.165, 1.54) is 4.90 Å². The average Bonchev–Trinajstić information content (AvgIpc) is 3.75. The second-order valence-corrected chi connectivity index (χ2v) is 15.1. The maximum absolute atomic E-state index is 15.0. The Hall–Kier alpha value is -4.00. The summed E-state index contributed by atoms with van der Waals surface area (Å²) in [7, 11) is 1.56. The Bertz CT molecular complexity index is 1620. The van der Waals surface area contributed by atoms with Crippen LogP contribution in [0.15, 0.2) is 79.9 Å². The zero-order valence-electron chi connectivity index (χ0n) is 30.3. The summed E-state index contributed by atoms with van der Waals surface area (Å²) in [4.78, 5) is 59.9. The molecule has 12 heteroatoms. The van der Waals surface area contributed by atoms with Crippen LogP contribution in [0.25, 0.3) is 0 Å². The van der Waals surface area contributed by atoms with Crippen molar-refractivity contribution in [1.29, 1.82) is 0 Å². The maximum atomic E-state index is 15.0. The second-order valence-electron chi connectivity index (χ2n) is 13.9. The number of carbonyl (C=O) groups excluding carboxylic acids is 4. The number of nitrogens with zero attached hydrogens (tertiary/aromatic N) is 2. The molecule has 2 aromatic carbocycles. The Morgan fingerprint density at radius 1 is 1.13 bits per heavy atom. The fourth-order valence-electron chi connectivity index (χ4n) is 8.09. The highest BCUT2D eigenvalue weighted by molar-refractivity contribution is 9.09. The van der Waals surface area contributed by atoms with Crippen molar-refractivity contribution in [3.05, 3.63) is 85.5 Å². The highest BCUT2D eigenvalue weighted by Gasteiger charge is 2.78. The molecule has 3 aliphatic heterocycles. The first-order chi connectivity index (χ1) is 25.0. The van der Waals surface area contributed by atoms with E-state index in [1.54, 1.807) is 55.4 Å². The number of benzene rings is 2. The van der Waals surface area contributed by atoms with Crippen LogP contribution in [-0.2, 0) is 28.7 Å². The molecule has 10 atom stereocenters. The maximum Gasteiger partial charge on any atom is 0.313 e. The second kappa shape index (κ2) is 16.8. The first-order valence-electron chi connectivity index (χ1n) is 17.9. The monoisotopic (exact) mass is 779 g/mol. The summed E-state index contributed by atoms with van der Waals surface area (Å²) < 4.78 is 18.4. The van der Waals surface area contributed by atoms with Gasteiger partial charge in [0.05, 0.1) is 43.7 Å². The number of alkyl halides is 1. The molecule has 11 nitrogen and oxygen atoms in total. The molecule has 1 unspecified atom stereocenters. The number of allylic oxidation sites excluding steroid dienone is 1. The Labute approximate surface area is 314 Å². The molecule has 0 aromatic heterocycles.